The second-order valence-corrected chi connectivity index (χ2v) is 5.60. The lowest BCUT2D eigenvalue weighted by Crippen LogP contribution is -2.34. The smallest absolute Gasteiger partial charge is 0.151 e. The van der Waals surface area contributed by atoms with Gasteiger partial charge in [0.25, 0.3) is 0 Å². The van der Waals surface area contributed by atoms with Crippen LogP contribution in [0.25, 0.3) is 0 Å². The lowest BCUT2D eigenvalue weighted by Gasteiger charge is -2.29. The van der Waals surface area contributed by atoms with Gasteiger partial charge in [0.05, 0.1) is 11.4 Å². The molecule has 0 saturated heterocycles. The molecule has 1 aromatic carbocycles. The number of hydrogen-bond acceptors (Lipinski definition) is 3. The van der Waals surface area contributed by atoms with Gasteiger partial charge < -0.3 is 16.0 Å². The summed E-state index contributed by atoms with van der Waals surface area (Å²) in [5.41, 5.74) is 5.80. The van der Waals surface area contributed by atoms with E-state index in [1.807, 2.05) is 14.1 Å². The fourth-order valence-electron chi connectivity index (χ4n) is 1.98. The first kappa shape index (κ1) is 14.7. The SMILES string of the molecule is CN(C)CC(C)(C)CNc1cc(F)cc(F)c1N. The van der Waals surface area contributed by atoms with Crippen molar-refractivity contribution in [2.24, 2.45) is 5.41 Å². The molecule has 0 radical (unpaired) electrons. The van der Waals surface area contributed by atoms with Gasteiger partial charge in [-0.1, -0.05) is 13.8 Å². The Kier molecular flexibility index (Phi) is 4.51. The van der Waals surface area contributed by atoms with Crippen LogP contribution in [0, 0.1) is 17.0 Å². The van der Waals surface area contributed by atoms with Crippen LogP contribution >= 0.6 is 0 Å². The highest BCUT2D eigenvalue weighted by Gasteiger charge is 2.19. The lowest BCUT2D eigenvalue weighted by molar-refractivity contribution is 0.254. The zero-order chi connectivity index (χ0) is 13.9. The Balaban J connectivity index is 2.74. The summed E-state index contributed by atoms with van der Waals surface area (Å²) in [6.07, 6.45) is 0. The minimum atomic E-state index is -0.733. The maximum absolute atomic E-state index is 13.3. The maximum Gasteiger partial charge on any atom is 0.151 e. The number of hydrogen-bond donors (Lipinski definition) is 2. The lowest BCUT2D eigenvalue weighted by atomic mass is 9.93. The van der Waals surface area contributed by atoms with E-state index in [0.29, 0.717) is 12.2 Å². The molecule has 0 saturated carbocycles. The highest BCUT2D eigenvalue weighted by molar-refractivity contribution is 5.66. The summed E-state index contributed by atoms with van der Waals surface area (Å²) in [4.78, 5) is 2.07. The van der Waals surface area contributed by atoms with Crippen molar-refractivity contribution in [1.29, 1.82) is 0 Å². The number of benzene rings is 1. The van der Waals surface area contributed by atoms with Crippen molar-refractivity contribution < 1.29 is 8.78 Å². The van der Waals surface area contributed by atoms with Gasteiger partial charge in [0.15, 0.2) is 5.82 Å². The van der Waals surface area contributed by atoms with Crippen LogP contribution in [0.3, 0.4) is 0 Å². The third kappa shape index (κ3) is 4.14. The standard InChI is InChI=1S/C13H21F2N3/c1-13(2,8-18(3)4)7-17-11-6-9(14)5-10(15)12(11)16/h5-6,17H,7-8,16H2,1-4H3. The molecule has 0 spiro atoms. The normalized spacial score (nSPS) is 11.9. The van der Waals surface area contributed by atoms with Crippen LogP contribution in [0.2, 0.25) is 0 Å². The Labute approximate surface area is 107 Å². The van der Waals surface area contributed by atoms with Crippen LogP contribution in [0.1, 0.15) is 13.8 Å². The van der Waals surface area contributed by atoms with Gasteiger partial charge in [0.2, 0.25) is 0 Å². The van der Waals surface area contributed by atoms with Crippen LogP contribution in [0.4, 0.5) is 20.2 Å². The molecule has 3 nitrogen and oxygen atoms in total. The zero-order valence-electron chi connectivity index (χ0n) is 11.3. The molecule has 0 amide bonds. The molecule has 102 valence electrons. The molecule has 0 unspecified atom stereocenters. The fourth-order valence-corrected chi connectivity index (χ4v) is 1.98. The second-order valence-electron chi connectivity index (χ2n) is 5.60. The van der Waals surface area contributed by atoms with Gasteiger partial charge >= 0.3 is 0 Å². The van der Waals surface area contributed by atoms with E-state index in [1.54, 1.807) is 0 Å². The number of anilines is 2. The average molecular weight is 257 g/mol. The Hall–Kier alpha value is -1.36. The minimum Gasteiger partial charge on any atom is -0.395 e. The first-order chi connectivity index (χ1) is 8.21. The molecule has 0 aliphatic heterocycles. The van der Waals surface area contributed by atoms with Crippen molar-refractivity contribution in [3.8, 4) is 0 Å². The van der Waals surface area contributed by atoms with Crippen molar-refractivity contribution in [3.05, 3.63) is 23.8 Å². The molecule has 0 bridgehead atoms. The number of rotatable bonds is 5. The number of halogens is 2. The predicted molar refractivity (Wildman–Crippen MR) is 71.6 cm³/mol. The third-order valence-corrected chi connectivity index (χ3v) is 2.60. The molecule has 5 heteroatoms. The van der Waals surface area contributed by atoms with Crippen molar-refractivity contribution >= 4 is 11.4 Å². The molecule has 0 aliphatic rings. The number of nitrogen functional groups attached to an aromatic ring is 1. The van der Waals surface area contributed by atoms with Crippen molar-refractivity contribution in [2.45, 2.75) is 13.8 Å². The topological polar surface area (TPSA) is 41.3 Å². The van der Waals surface area contributed by atoms with E-state index >= 15 is 0 Å². The van der Waals surface area contributed by atoms with Crippen LogP contribution < -0.4 is 11.1 Å². The average Bonchev–Trinajstić information content (AvgIpc) is 2.19. The molecule has 3 N–H and O–H groups in total. The summed E-state index contributed by atoms with van der Waals surface area (Å²) in [6.45, 7) is 5.59. The van der Waals surface area contributed by atoms with E-state index in [4.69, 9.17) is 5.73 Å². The van der Waals surface area contributed by atoms with Crippen LogP contribution in [0.15, 0.2) is 12.1 Å². The van der Waals surface area contributed by atoms with E-state index in [0.717, 1.165) is 12.6 Å². The molecule has 18 heavy (non-hydrogen) atoms. The van der Waals surface area contributed by atoms with Gasteiger partial charge in [-0.25, -0.2) is 8.78 Å². The van der Waals surface area contributed by atoms with Crippen LogP contribution in [0.5, 0.6) is 0 Å². The molecule has 0 aliphatic carbocycles. The zero-order valence-corrected chi connectivity index (χ0v) is 11.3. The maximum atomic E-state index is 13.3. The Bertz CT molecular complexity index is 417. The third-order valence-electron chi connectivity index (χ3n) is 2.60. The second kappa shape index (κ2) is 5.52. The van der Waals surface area contributed by atoms with Crippen molar-refractivity contribution in [3.63, 3.8) is 0 Å². The molecular formula is C13H21F2N3. The predicted octanol–water partition coefficient (Wildman–Crippen LogP) is 2.55. The van der Waals surface area contributed by atoms with Gasteiger partial charge in [0.1, 0.15) is 5.82 Å². The monoisotopic (exact) mass is 257 g/mol. The highest BCUT2D eigenvalue weighted by atomic mass is 19.1. The quantitative estimate of drug-likeness (QED) is 0.796. The molecule has 0 aromatic heterocycles. The molecule has 0 heterocycles. The Morgan fingerprint density at radius 3 is 2.44 bits per heavy atom. The summed E-state index contributed by atoms with van der Waals surface area (Å²) in [5.74, 6) is -1.36. The van der Waals surface area contributed by atoms with E-state index < -0.39 is 11.6 Å². The van der Waals surface area contributed by atoms with Gasteiger partial charge in [-0.2, -0.15) is 0 Å². The van der Waals surface area contributed by atoms with Gasteiger partial charge in [-0.3, -0.25) is 0 Å². The summed E-state index contributed by atoms with van der Waals surface area (Å²) in [7, 11) is 3.97. The molecular weight excluding hydrogens is 236 g/mol. The molecule has 1 aromatic rings. The molecule has 0 fully saturated rings. The summed E-state index contributed by atoms with van der Waals surface area (Å²) in [5, 5.41) is 3.01. The largest absolute Gasteiger partial charge is 0.395 e. The van der Waals surface area contributed by atoms with Gasteiger partial charge in [-0.05, 0) is 25.6 Å². The number of nitrogens with one attached hydrogen (secondary N) is 1. The van der Waals surface area contributed by atoms with Gasteiger partial charge in [-0.15, -0.1) is 0 Å². The number of nitrogens with two attached hydrogens (primary N) is 1. The Morgan fingerprint density at radius 1 is 1.28 bits per heavy atom. The van der Waals surface area contributed by atoms with Crippen molar-refractivity contribution in [1.82, 2.24) is 4.90 Å². The van der Waals surface area contributed by atoms with Crippen LogP contribution in [-0.2, 0) is 0 Å². The van der Waals surface area contributed by atoms with Crippen molar-refractivity contribution in [2.75, 3.05) is 38.2 Å². The van der Waals surface area contributed by atoms with E-state index in [-0.39, 0.29) is 11.1 Å². The first-order valence-corrected chi connectivity index (χ1v) is 5.84. The Morgan fingerprint density at radius 2 is 1.89 bits per heavy atom. The number of nitrogens with zero attached hydrogens (tertiary/aromatic N) is 1. The molecule has 0 atom stereocenters. The summed E-state index contributed by atoms with van der Waals surface area (Å²) in [6, 6.07) is 2.00. The summed E-state index contributed by atoms with van der Waals surface area (Å²) < 4.78 is 26.4. The van der Waals surface area contributed by atoms with Crippen LogP contribution in [-0.4, -0.2) is 32.1 Å². The summed E-state index contributed by atoms with van der Waals surface area (Å²) >= 11 is 0. The molecule has 1 rings (SSSR count). The minimum absolute atomic E-state index is 0.0290. The fraction of sp³-hybridized carbons (Fsp3) is 0.538. The first-order valence-electron chi connectivity index (χ1n) is 5.84. The van der Waals surface area contributed by atoms with E-state index in [9.17, 15) is 8.78 Å². The van der Waals surface area contributed by atoms with E-state index in [1.165, 1.54) is 6.07 Å². The van der Waals surface area contributed by atoms with E-state index in [2.05, 4.69) is 24.1 Å². The highest BCUT2D eigenvalue weighted by Crippen LogP contribution is 2.25. The van der Waals surface area contributed by atoms with Gasteiger partial charge in [0, 0.05) is 19.2 Å².